The Balaban J connectivity index is 1.56. The Bertz CT molecular complexity index is 1730. The maximum Gasteiger partial charge on any atom is 0.299 e. The number of hydrogen-bond acceptors (Lipinski definition) is 5. The van der Waals surface area contributed by atoms with Crippen LogP contribution in [-0.2, 0) is 20.9 Å². The first-order valence-electron chi connectivity index (χ1n) is 15.0. The Morgan fingerprint density at radius 3 is 2.07 bits per heavy atom. The van der Waals surface area contributed by atoms with Crippen LogP contribution in [0.4, 0.5) is 17.1 Å². The zero-order chi connectivity index (χ0) is 32.2. The van der Waals surface area contributed by atoms with Gasteiger partial charge in [-0.15, -0.1) is 0 Å². The van der Waals surface area contributed by atoms with Crippen molar-refractivity contribution in [2.45, 2.75) is 39.3 Å². The first-order valence-corrected chi connectivity index (χ1v) is 15.0. The van der Waals surface area contributed by atoms with Crippen molar-refractivity contribution in [3.63, 3.8) is 0 Å². The van der Waals surface area contributed by atoms with Crippen LogP contribution in [0.15, 0.2) is 97.1 Å². The monoisotopic (exact) mass is 602 g/mol. The van der Waals surface area contributed by atoms with E-state index < -0.39 is 36.1 Å². The van der Waals surface area contributed by atoms with Gasteiger partial charge < -0.3 is 15.1 Å². The second-order valence-electron chi connectivity index (χ2n) is 11.8. The van der Waals surface area contributed by atoms with E-state index in [1.165, 1.54) is 9.80 Å². The standard InChI is InChI=1S/C37H38N4O4/c1-24(2)26-14-16-27(17-15-26)34(36(44)38-29-18-20-30(21-19-29)39(4)5)41(22-28-11-7-6-10-25(28)3)33(42)23-40-32-13-9-8-12-31(32)35(43)37(40)45/h6-21,24,34H,22-23H2,1-5H3,(H,38,44)/t34-/m1/s1. The van der Waals surface area contributed by atoms with Gasteiger partial charge in [-0.05, 0) is 71.5 Å². The molecule has 4 aromatic carbocycles. The molecule has 0 fully saturated rings. The maximum atomic E-state index is 14.4. The van der Waals surface area contributed by atoms with Gasteiger partial charge in [0, 0.05) is 32.0 Å². The van der Waals surface area contributed by atoms with Crippen molar-refractivity contribution < 1.29 is 19.2 Å². The fourth-order valence-electron chi connectivity index (χ4n) is 5.52. The Kier molecular flexibility index (Phi) is 9.13. The molecule has 1 heterocycles. The van der Waals surface area contributed by atoms with Crippen LogP contribution in [0.2, 0.25) is 0 Å². The normalized spacial score (nSPS) is 13.1. The lowest BCUT2D eigenvalue weighted by atomic mass is 9.97. The molecular weight excluding hydrogens is 564 g/mol. The van der Waals surface area contributed by atoms with Crippen LogP contribution in [0.3, 0.4) is 0 Å². The molecule has 3 amide bonds. The predicted molar refractivity (Wildman–Crippen MR) is 178 cm³/mol. The number of para-hydroxylation sites is 1. The van der Waals surface area contributed by atoms with E-state index in [-0.39, 0.29) is 18.0 Å². The van der Waals surface area contributed by atoms with E-state index in [0.717, 1.165) is 22.4 Å². The summed E-state index contributed by atoms with van der Waals surface area (Å²) in [6.45, 7) is 5.87. The number of hydrogen-bond donors (Lipinski definition) is 1. The van der Waals surface area contributed by atoms with Crippen LogP contribution in [0, 0.1) is 6.92 Å². The molecule has 1 atom stereocenters. The van der Waals surface area contributed by atoms with E-state index in [2.05, 4.69) is 19.2 Å². The van der Waals surface area contributed by atoms with Crippen molar-refractivity contribution in [1.82, 2.24) is 4.90 Å². The van der Waals surface area contributed by atoms with Gasteiger partial charge >= 0.3 is 0 Å². The van der Waals surface area contributed by atoms with Gasteiger partial charge in [-0.2, -0.15) is 0 Å². The van der Waals surface area contributed by atoms with Crippen molar-refractivity contribution in [3.05, 3.63) is 125 Å². The van der Waals surface area contributed by atoms with Gasteiger partial charge in [0.05, 0.1) is 11.3 Å². The van der Waals surface area contributed by atoms with E-state index in [9.17, 15) is 19.2 Å². The number of nitrogens with one attached hydrogen (secondary N) is 1. The molecule has 230 valence electrons. The molecule has 0 saturated heterocycles. The zero-order valence-electron chi connectivity index (χ0n) is 26.3. The number of carbonyl (C=O) groups is 4. The highest BCUT2D eigenvalue weighted by atomic mass is 16.2. The summed E-state index contributed by atoms with van der Waals surface area (Å²) in [5, 5.41) is 3.02. The fourth-order valence-corrected chi connectivity index (χ4v) is 5.52. The number of rotatable bonds is 10. The number of nitrogens with zero attached hydrogens (tertiary/aromatic N) is 3. The van der Waals surface area contributed by atoms with Gasteiger partial charge in [-0.3, -0.25) is 24.1 Å². The van der Waals surface area contributed by atoms with Crippen LogP contribution in [0.5, 0.6) is 0 Å². The Labute approximate surface area is 264 Å². The van der Waals surface area contributed by atoms with Crippen LogP contribution in [0.1, 0.15) is 58.4 Å². The molecular formula is C37H38N4O4. The SMILES string of the molecule is Cc1ccccc1CN(C(=O)CN1C(=O)C(=O)c2ccccc21)[C@@H](C(=O)Nc1ccc(N(C)C)cc1)c1ccc(C(C)C)cc1. The van der Waals surface area contributed by atoms with Crippen molar-refractivity contribution in [2.75, 3.05) is 35.8 Å². The Morgan fingerprint density at radius 1 is 0.800 bits per heavy atom. The summed E-state index contributed by atoms with van der Waals surface area (Å²) < 4.78 is 0. The number of aryl methyl sites for hydroxylation is 1. The van der Waals surface area contributed by atoms with E-state index in [1.54, 1.807) is 24.3 Å². The van der Waals surface area contributed by atoms with Crippen LogP contribution >= 0.6 is 0 Å². The maximum absolute atomic E-state index is 14.4. The molecule has 8 heteroatoms. The third-order valence-electron chi connectivity index (χ3n) is 8.22. The average Bonchev–Trinajstić information content (AvgIpc) is 3.27. The van der Waals surface area contributed by atoms with E-state index in [0.29, 0.717) is 16.9 Å². The molecule has 0 spiro atoms. The third-order valence-corrected chi connectivity index (χ3v) is 8.22. The largest absolute Gasteiger partial charge is 0.378 e. The molecule has 0 bridgehead atoms. The number of ketones is 1. The topological polar surface area (TPSA) is 90.0 Å². The highest BCUT2D eigenvalue weighted by Crippen LogP contribution is 2.31. The highest BCUT2D eigenvalue weighted by molar-refractivity contribution is 6.52. The van der Waals surface area contributed by atoms with Gasteiger partial charge in [-0.25, -0.2) is 0 Å². The lowest BCUT2D eigenvalue weighted by molar-refractivity contribution is -0.139. The smallest absolute Gasteiger partial charge is 0.299 e. The summed E-state index contributed by atoms with van der Waals surface area (Å²) in [7, 11) is 3.88. The molecule has 0 aliphatic carbocycles. The number of benzene rings is 4. The molecule has 1 N–H and O–H groups in total. The minimum Gasteiger partial charge on any atom is -0.378 e. The van der Waals surface area contributed by atoms with Gasteiger partial charge in [0.1, 0.15) is 12.6 Å². The first kappa shape index (κ1) is 31.2. The summed E-state index contributed by atoms with van der Waals surface area (Å²) in [4.78, 5) is 59.1. The van der Waals surface area contributed by atoms with Gasteiger partial charge in [0.25, 0.3) is 17.6 Å². The molecule has 8 nitrogen and oxygen atoms in total. The van der Waals surface area contributed by atoms with Crippen LogP contribution in [-0.4, -0.2) is 49.0 Å². The van der Waals surface area contributed by atoms with E-state index in [4.69, 9.17) is 0 Å². The zero-order valence-corrected chi connectivity index (χ0v) is 26.3. The molecule has 4 aromatic rings. The molecule has 0 aromatic heterocycles. The third kappa shape index (κ3) is 6.65. The van der Waals surface area contributed by atoms with Gasteiger partial charge in [0.2, 0.25) is 5.91 Å². The Morgan fingerprint density at radius 2 is 1.42 bits per heavy atom. The number of Topliss-reactive ketones (excluding diaryl/α,β-unsaturated/α-hetero) is 1. The second-order valence-corrected chi connectivity index (χ2v) is 11.8. The minimum atomic E-state index is -1.03. The summed E-state index contributed by atoms with van der Waals surface area (Å²) >= 11 is 0. The number of fused-ring (bicyclic) bond motifs is 1. The van der Waals surface area contributed by atoms with Crippen molar-refractivity contribution in [2.24, 2.45) is 0 Å². The van der Waals surface area contributed by atoms with E-state index in [1.807, 2.05) is 98.7 Å². The highest BCUT2D eigenvalue weighted by Gasteiger charge is 2.39. The fraction of sp³-hybridized carbons (Fsp3) is 0.243. The quantitative estimate of drug-likeness (QED) is 0.221. The molecule has 1 aliphatic heterocycles. The molecule has 45 heavy (non-hydrogen) atoms. The van der Waals surface area contributed by atoms with Crippen molar-refractivity contribution in [1.29, 1.82) is 0 Å². The summed E-state index contributed by atoms with van der Waals surface area (Å²) in [5.41, 5.74) is 5.78. The summed E-state index contributed by atoms with van der Waals surface area (Å²) in [6, 6.07) is 28.5. The van der Waals surface area contributed by atoms with Crippen molar-refractivity contribution in [3.8, 4) is 0 Å². The van der Waals surface area contributed by atoms with Crippen molar-refractivity contribution >= 4 is 40.6 Å². The summed E-state index contributed by atoms with van der Waals surface area (Å²) in [6.07, 6.45) is 0. The summed E-state index contributed by atoms with van der Waals surface area (Å²) in [5.74, 6) is -1.99. The average molecular weight is 603 g/mol. The van der Waals surface area contributed by atoms with Crippen LogP contribution < -0.4 is 15.1 Å². The predicted octanol–water partition coefficient (Wildman–Crippen LogP) is 6.12. The second kappa shape index (κ2) is 13.2. The number of amides is 3. The number of carbonyl (C=O) groups excluding carboxylic acids is 4. The molecule has 5 rings (SSSR count). The minimum absolute atomic E-state index is 0.118. The molecule has 0 saturated carbocycles. The van der Waals surface area contributed by atoms with E-state index >= 15 is 0 Å². The lowest BCUT2D eigenvalue weighted by Gasteiger charge is -2.33. The van der Waals surface area contributed by atoms with Crippen LogP contribution in [0.25, 0.3) is 0 Å². The van der Waals surface area contributed by atoms with Gasteiger partial charge in [0.15, 0.2) is 0 Å². The molecule has 1 aliphatic rings. The molecule has 0 unspecified atom stereocenters. The Hall–Kier alpha value is -5.24. The first-order chi connectivity index (χ1) is 21.5. The lowest BCUT2D eigenvalue weighted by Crippen LogP contribution is -2.46. The van der Waals surface area contributed by atoms with Gasteiger partial charge in [-0.1, -0.05) is 74.5 Å². The number of anilines is 3. The molecule has 0 radical (unpaired) electrons.